The summed E-state index contributed by atoms with van der Waals surface area (Å²) in [6, 6.07) is -0.372. The fraction of sp³-hybridized carbons (Fsp3) is 0.750. The van der Waals surface area contributed by atoms with E-state index in [2.05, 4.69) is 10.2 Å². The summed E-state index contributed by atoms with van der Waals surface area (Å²) in [6.45, 7) is 4.97. The van der Waals surface area contributed by atoms with Gasteiger partial charge in [0.05, 0.1) is 13.7 Å². The fourth-order valence-electron chi connectivity index (χ4n) is 1.70. The molecule has 0 aromatic rings. The first-order valence-electron chi connectivity index (χ1n) is 6.49. The van der Waals surface area contributed by atoms with Crippen LogP contribution in [0.1, 0.15) is 20.8 Å². The molecule has 2 amide bonds. The summed E-state index contributed by atoms with van der Waals surface area (Å²) in [5.74, 6) is -1.30. The lowest BCUT2D eigenvalue weighted by atomic mass is 10.1. The first kappa shape index (κ1) is 17.2. The largest absolute Gasteiger partial charge is 0.464 e. The van der Waals surface area contributed by atoms with Crippen LogP contribution in [0.5, 0.6) is 0 Å². The van der Waals surface area contributed by atoms with Crippen molar-refractivity contribution < 1.29 is 33.3 Å². The second kappa shape index (κ2) is 7.79. The quantitative estimate of drug-likeness (QED) is 0.566. The van der Waals surface area contributed by atoms with Crippen molar-refractivity contribution in [1.82, 2.24) is 10.4 Å². The van der Waals surface area contributed by atoms with Crippen LogP contribution in [0.15, 0.2) is 0 Å². The van der Waals surface area contributed by atoms with E-state index < -0.39 is 30.2 Å². The van der Waals surface area contributed by atoms with Gasteiger partial charge in [0.1, 0.15) is 6.79 Å². The summed E-state index contributed by atoms with van der Waals surface area (Å²) in [7, 11) is 1.18. The minimum absolute atomic E-state index is 0.161. The van der Waals surface area contributed by atoms with Crippen LogP contribution in [-0.4, -0.2) is 61.7 Å². The van der Waals surface area contributed by atoms with Gasteiger partial charge in [-0.2, -0.15) is 0 Å². The van der Waals surface area contributed by atoms with Gasteiger partial charge in [0.2, 0.25) is 0 Å². The maximum absolute atomic E-state index is 12.4. The van der Waals surface area contributed by atoms with Crippen molar-refractivity contribution in [3.63, 3.8) is 0 Å². The average Bonchev–Trinajstić information content (AvgIpc) is 2.93. The van der Waals surface area contributed by atoms with Crippen molar-refractivity contribution in [2.75, 3.05) is 20.5 Å². The number of esters is 1. The van der Waals surface area contributed by atoms with E-state index in [-0.39, 0.29) is 19.4 Å². The third kappa shape index (κ3) is 4.30. The highest BCUT2D eigenvalue weighted by Gasteiger charge is 2.44. The zero-order valence-electron chi connectivity index (χ0n) is 12.5. The van der Waals surface area contributed by atoms with Crippen molar-refractivity contribution in [2.45, 2.75) is 39.0 Å². The van der Waals surface area contributed by atoms with Crippen molar-refractivity contribution in [2.24, 2.45) is 0 Å². The summed E-state index contributed by atoms with van der Waals surface area (Å²) in [5, 5.41) is 1.03. The summed E-state index contributed by atoms with van der Waals surface area (Å²) in [5.41, 5.74) is 2.27. The Labute approximate surface area is 122 Å². The van der Waals surface area contributed by atoms with Gasteiger partial charge in [0.15, 0.2) is 12.2 Å². The minimum Gasteiger partial charge on any atom is -0.464 e. The van der Waals surface area contributed by atoms with Crippen LogP contribution >= 0.6 is 0 Å². The van der Waals surface area contributed by atoms with Gasteiger partial charge in [0, 0.05) is 6.04 Å². The van der Waals surface area contributed by atoms with Gasteiger partial charge in [-0.05, 0) is 20.8 Å². The lowest BCUT2D eigenvalue weighted by molar-refractivity contribution is -0.159. The molecule has 1 heterocycles. The van der Waals surface area contributed by atoms with Gasteiger partial charge >= 0.3 is 12.1 Å². The molecule has 0 radical (unpaired) electrons. The summed E-state index contributed by atoms with van der Waals surface area (Å²) in [6.07, 6.45) is -3.13. The summed E-state index contributed by atoms with van der Waals surface area (Å²) < 4.78 is 19.5. The smallest absolute Gasteiger partial charge is 0.425 e. The number of nitrogens with one attached hydrogen (secondary N) is 1. The number of methoxy groups -OCH3 is 1. The maximum atomic E-state index is 12.4. The van der Waals surface area contributed by atoms with E-state index >= 15 is 0 Å². The molecule has 0 bridgehead atoms. The molecule has 1 fully saturated rings. The monoisotopic (exact) mass is 304 g/mol. The first-order valence-corrected chi connectivity index (χ1v) is 6.49. The maximum Gasteiger partial charge on any atom is 0.425 e. The Bertz CT molecular complexity index is 399. The number of hydrogen-bond acceptors (Lipinski definition) is 7. The molecule has 0 spiro atoms. The lowest BCUT2D eigenvalue weighted by Crippen LogP contribution is -2.56. The Morgan fingerprint density at radius 3 is 2.43 bits per heavy atom. The Morgan fingerprint density at radius 1 is 1.29 bits per heavy atom. The minimum atomic E-state index is -1.18. The zero-order chi connectivity index (χ0) is 16.0. The standard InChI is InChI=1S/C12H20N2O7/c1-5-19-11(16)9-8(20-6-21-9)10(15)14(7(2)3)13-12(17)18-4/h7-9H,5-6H2,1-4H3,(H,13,17). The number of hydrazine groups is 1. The Balaban J connectivity index is 2.82. The zero-order valence-corrected chi connectivity index (χ0v) is 12.5. The van der Waals surface area contributed by atoms with E-state index in [0.29, 0.717) is 0 Å². The number of nitrogens with zero attached hydrogens (tertiary/aromatic N) is 1. The van der Waals surface area contributed by atoms with E-state index in [0.717, 1.165) is 5.01 Å². The van der Waals surface area contributed by atoms with Crippen LogP contribution in [0.4, 0.5) is 4.79 Å². The average molecular weight is 304 g/mol. The van der Waals surface area contributed by atoms with Gasteiger partial charge in [-0.1, -0.05) is 0 Å². The third-order valence-corrected chi connectivity index (χ3v) is 2.68. The predicted octanol–water partition coefficient (Wildman–Crippen LogP) is -0.201. The number of carbonyl (C=O) groups is 3. The number of amides is 2. The van der Waals surface area contributed by atoms with E-state index in [1.807, 2.05) is 0 Å². The van der Waals surface area contributed by atoms with E-state index in [9.17, 15) is 14.4 Å². The van der Waals surface area contributed by atoms with E-state index in [4.69, 9.17) is 14.2 Å². The van der Waals surface area contributed by atoms with Gasteiger partial charge in [-0.15, -0.1) is 0 Å². The topological polar surface area (TPSA) is 103 Å². The predicted molar refractivity (Wildman–Crippen MR) is 68.8 cm³/mol. The first-order chi connectivity index (χ1) is 9.92. The second-order valence-electron chi connectivity index (χ2n) is 4.45. The molecule has 1 saturated heterocycles. The van der Waals surface area contributed by atoms with Crippen molar-refractivity contribution in [3.8, 4) is 0 Å². The summed E-state index contributed by atoms with van der Waals surface area (Å²) in [4.78, 5) is 35.4. The SMILES string of the molecule is CCOC(=O)C1OCOC1C(=O)N(NC(=O)OC)C(C)C. The number of rotatable bonds is 4. The third-order valence-electron chi connectivity index (χ3n) is 2.68. The van der Waals surface area contributed by atoms with Crippen LogP contribution in [-0.2, 0) is 28.5 Å². The molecule has 2 unspecified atom stereocenters. The molecule has 0 saturated carbocycles. The molecule has 9 heteroatoms. The van der Waals surface area contributed by atoms with Crippen LogP contribution < -0.4 is 5.43 Å². The number of hydrogen-bond donors (Lipinski definition) is 1. The molecule has 9 nitrogen and oxygen atoms in total. The number of ether oxygens (including phenoxy) is 4. The molecule has 1 rings (SSSR count). The normalized spacial score (nSPS) is 21.0. The van der Waals surface area contributed by atoms with Crippen LogP contribution in [0.2, 0.25) is 0 Å². The van der Waals surface area contributed by atoms with Crippen molar-refractivity contribution in [3.05, 3.63) is 0 Å². The fourth-order valence-corrected chi connectivity index (χ4v) is 1.70. The van der Waals surface area contributed by atoms with Crippen LogP contribution in [0.3, 0.4) is 0 Å². The molecule has 2 atom stereocenters. The van der Waals surface area contributed by atoms with Gasteiger partial charge < -0.3 is 18.9 Å². The molecule has 0 aliphatic carbocycles. The van der Waals surface area contributed by atoms with Crippen molar-refractivity contribution >= 4 is 18.0 Å². The molecular weight excluding hydrogens is 284 g/mol. The highest BCUT2D eigenvalue weighted by atomic mass is 16.7. The molecule has 21 heavy (non-hydrogen) atoms. The van der Waals surface area contributed by atoms with Crippen molar-refractivity contribution in [1.29, 1.82) is 0 Å². The van der Waals surface area contributed by atoms with Crippen LogP contribution in [0.25, 0.3) is 0 Å². The molecular formula is C12H20N2O7. The number of carbonyl (C=O) groups excluding carboxylic acids is 3. The van der Waals surface area contributed by atoms with E-state index in [1.165, 1.54) is 7.11 Å². The van der Waals surface area contributed by atoms with Crippen LogP contribution in [0, 0.1) is 0 Å². The lowest BCUT2D eigenvalue weighted by Gasteiger charge is -2.29. The second-order valence-corrected chi connectivity index (χ2v) is 4.45. The molecule has 120 valence electrons. The molecule has 1 aliphatic heterocycles. The molecule has 1 N–H and O–H groups in total. The van der Waals surface area contributed by atoms with E-state index in [1.54, 1.807) is 20.8 Å². The highest BCUT2D eigenvalue weighted by molar-refractivity contribution is 5.90. The summed E-state index contributed by atoms with van der Waals surface area (Å²) >= 11 is 0. The highest BCUT2D eigenvalue weighted by Crippen LogP contribution is 2.17. The Morgan fingerprint density at radius 2 is 1.90 bits per heavy atom. The Hall–Kier alpha value is -1.87. The Kier molecular flexibility index (Phi) is 6.38. The molecule has 1 aliphatic rings. The van der Waals surface area contributed by atoms with Gasteiger partial charge in [-0.3, -0.25) is 4.79 Å². The van der Waals surface area contributed by atoms with Gasteiger partial charge in [-0.25, -0.2) is 20.0 Å². The van der Waals surface area contributed by atoms with Gasteiger partial charge in [0.25, 0.3) is 5.91 Å². The molecule has 0 aromatic heterocycles. The molecule has 0 aromatic carbocycles.